The monoisotopic (exact) mass is 507 g/mol. The second-order valence-corrected chi connectivity index (χ2v) is 5.97. The van der Waals surface area contributed by atoms with Gasteiger partial charge in [-0.05, 0) is 18.9 Å². The Morgan fingerprint density at radius 1 is 1.18 bits per heavy atom. The van der Waals surface area contributed by atoms with Crippen molar-refractivity contribution in [2.45, 2.75) is 46.4 Å². The van der Waals surface area contributed by atoms with Crippen LogP contribution in [0.2, 0.25) is 0 Å². The molecule has 6 nitrogen and oxygen atoms in total. The van der Waals surface area contributed by atoms with Crippen LogP contribution >= 0.6 is 24.0 Å². The lowest BCUT2D eigenvalue weighted by atomic mass is 10.1. The number of hydrogen-bond donors (Lipinski definition) is 2. The molecule has 0 saturated heterocycles. The number of guanidine groups is 1. The Kier molecular flexibility index (Phi) is 10.2. The highest BCUT2D eigenvalue weighted by atomic mass is 127. The average Bonchev–Trinajstić information content (AvgIpc) is 2.97. The smallest absolute Gasteiger partial charge is 0.387 e. The van der Waals surface area contributed by atoms with Crippen LogP contribution in [0.3, 0.4) is 0 Å². The van der Waals surface area contributed by atoms with Crippen LogP contribution in [-0.4, -0.2) is 29.4 Å². The van der Waals surface area contributed by atoms with Crippen molar-refractivity contribution in [1.29, 1.82) is 0 Å². The van der Waals surface area contributed by atoms with Gasteiger partial charge in [0.15, 0.2) is 5.96 Å². The van der Waals surface area contributed by atoms with Gasteiger partial charge in [0, 0.05) is 44.0 Å². The van der Waals surface area contributed by atoms with Crippen LogP contribution < -0.4 is 15.4 Å². The highest BCUT2D eigenvalue weighted by Crippen LogP contribution is 2.20. The van der Waals surface area contributed by atoms with E-state index in [1.165, 1.54) is 17.3 Å². The van der Waals surface area contributed by atoms with Gasteiger partial charge in [0.1, 0.15) is 5.75 Å². The Morgan fingerprint density at radius 2 is 1.86 bits per heavy atom. The topological polar surface area (TPSA) is 63.5 Å². The summed E-state index contributed by atoms with van der Waals surface area (Å²) in [5, 5.41) is 11.0. The predicted octanol–water partition coefficient (Wildman–Crippen LogP) is 3.63. The first-order valence-electron chi connectivity index (χ1n) is 9.00. The highest BCUT2D eigenvalue weighted by molar-refractivity contribution is 14.0. The number of para-hydroxylation sites is 1. The third-order valence-electron chi connectivity index (χ3n) is 4.32. The van der Waals surface area contributed by atoms with Gasteiger partial charge >= 0.3 is 6.61 Å². The molecule has 28 heavy (non-hydrogen) atoms. The number of halogens is 3. The zero-order valence-electron chi connectivity index (χ0n) is 16.6. The second kappa shape index (κ2) is 11.8. The molecule has 9 heteroatoms. The fourth-order valence-corrected chi connectivity index (χ4v) is 3.03. The van der Waals surface area contributed by atoms with E-state index >= 15 is 0 Å². The molecule has 1 aromatic heterocycles. The number of ether oxygens (including phenoxy) is 1. The summed E-state index contributed by atoms with van der Waals surface area (Å²) in [4.78, 5) is 4.20. The largest absolute Gasteiger partial charge is 0.434 e. The summed E-state index contributed by atoms with van der Waals surface area (Å²) in [7, 11) is 3.62. The van der Waals surface area contributed by atoms with E-state index in [1.54, 1.807) is 25.2 Å². The Bertz CT molecular complexity index is 780. The maximum Gasteiger partial charge on any atom is 0.387 e. The van der Waals surface area contributed by atoms with Gasteiger partial charge in [0.25, 0.3) is 0 Å². The fraction of sp³-hybridized carbons (Fsp3) is 0.474. The summed E-state index contributed by atoms with van der Waals surface area (Å²) in [6.07, 6.45) is 1.75. The van der Waals surface area contributed by atoms with Crippen molar-refractivity contribution in [2.24, 2.45) is 12.0 Å². The molecule has 0 amide bonds. The minimum atomic E-state index is -2.85. The maximum absolute atomic E-state index is 12.5. The molecule has 0 aliphatic heterocycles. The van der Waals surface area contributed by atoms with Crippen molar-refractivity contribution in [2.75, 3.05) is 7.05 Å². The Labute approximate surface area is 181 Å². The molecule has 0 atom stereocenters. The van der Waals surface area contributed by atoms with Crippen molar-refractivity contribution in [3.63, 3.8) is 0 Å². The lowest BCUT2D eigenvalue weighted by Crippen LogP contribution is -2.36. The van der Waals surface area contributed by atoms with E-state index in [0.717, 1.165) is 18.5 Å². The highest BCUT2D eigenvalue weighted by Gasteiger charge is 2.14. The molecule has 2 aromatic rings. The summed E-state index contributed by atoms with van der Waals surface area (Å²) in [6, 6.07) is 6.71. The van der Waals surface area contributed by atoms with Gasteiger partial charge in [-0.3, -0.25) is 9.67 Å². The van der Waals surface area contributed by atoms with E-state index in [0.29, 0.717) is 24.6 Å². The Balaban J connectivity index is 0.00000392. The number of alkyl halides is 2. The number of nitrogens with zero attached hydrogens (tertiary/aromatic N) is 3. The zero-order chi connectivity index (χ0) is 19.8. The van der Waals surface area contributed by atoms with E-state index in [9.17, 15) is 8.78 Å². The molecule has 0 fully saturated rings. The third-order valence-corrected chi connectivity index (χ3v) is 4.32. The summed E-state index contributed by atoms with van der Waals surface area (Å²) < 4.78 is 31.5. The average molecular weight is 507 g/mol. The van der Waals surface area contributed by atoms with Crippen molar-refractivity contribution in [1.82, 2.24) is 20.4 Å². The second-order valence-electron chi connectivity index (χ2n) is 5.97. The molecular weight excluding hydrogens is 479 g/mol. The first-order chi connectivity index (χ1) is 13.0. The van der Waals surface area contributed by atoms with Crippen LogP contribution in [0.5, 0.6) is 5.75 Å². The molecular formula is C19H28F2IN5O. The third kappa shape index (κ3) is 6.32. The quantitative estimate of drug-likeness (QED) is 0.326. The van der Waals surface area contributed by atoms with Crippen LogP contribution in [0, 0.1) is 0 Å². The molecule has 1 aromatic carbocycles. The summed E-state index contributed by atoms with van der Waals surface area (Å²) >= 11 is 0. The molecule has 156 valence electrons. The first kappa shape index (κ1) is 24.1. The van der Waals surface area contributed by atoms with Crippen LogP contribution in [-0.2, 0) is 33.0 Å². The minimum Gasteiger partial charge on any atom is -0.434 e. The first-order valence-corrected chi connectivity index (χ1v) is 9.00. The van der Waals surface area contributed by atoms with Crippen LogP contribution in [0.4, 0.5) is 8.78 Å². The Morgan fingerprint density at radius 3 is 2.46 bits per heavy atom. The van der Waals surface area contributed by atoms with E-state index < -0.39 is 6.61 Å². The molecule has 0 saturated carbocycles. The number of aliphatic imine (C=N–C) groups is 1. The molecule has 0 aliphatic rings. The van der Waals surface area contributed by atoms with Gasteiger partial charge < -0.3 is 15.4 Å². The maximum atomic E-state index is 12.5. The molecule has 0 bridgehead atoms. The van der Waals surface area contributed by atoms with Gasteiger partial charge in [0.2, 0.25) is 0 Å². The Hall–Kier alpha value is -1.91. The van der Waals surface area contributed by atoms with E-state index in [1.807, 2.05) is 11.7 Å². The number of nitrogens with one attached hydrogen (secondary N) is 2. The minimum absolute atomic E-state index is 0. The number of benzene rings is 1. The number of aromatic nitrogens is 2. The summed E-state index contributed by atoms with van der Waals surface area (Å²) in [5.41, 5.74) is 4.05. The van der Waals surface area contributed by atoms with Gasteiger partial charge in [-0.1, -0.05) is 32.0 Å². The summed E-state index contributed by atoms with van der Waals surface area (Å²) in [5.74, 6) is 0.735. The standard InChI is InChI=1S/C19H27F2N5O.HI/c1-5-15-14(16(6-2)26(4)25-15)12-24-19(22-3)23-11-13-9-7-8-10-17(13)27-18(20)21;/h7-10,18H,5-6,11-12H2,1-4H3,(H2,22,23,24);1H. The predicted molar refractivity (Wildman–Crippen MR) is 117 cm³/mol. The molecule has 2 rings (SSSR count). The fourth-order valence-electron chi connectivity index (χ4n) is 3.03. The van der Waals surface area contributed by atoms with Gasteiger partial charge in [0.05, 0.1) is 5.69 Å². The lowest BCUT2D eigenvalue weighted by molar-refractivity contribution is -0.0504. The van der Waals surface area contributed by atoms with Crippen molar-refractivity contribution >= 4 is 29.9 Å². The zero-order valence-corrected chi connectivity index (χ0v) is 19.0. The molecule has 1 heterocycles. The normalized spacial score (nSPS) is 11.3. The van der Waals surface area contributed by atoms with Gasteiger partial charge in [-0.15, -0.1) is 24.0 Å². The molecule has 0 spiro atoms. The van der Waals surface area contributed by atoms with Gasteiger partial charge in [-0.25, -0.2) is 0 Å². The SMILES string of the molecule is CCc1nn(C)c(CC)c1CNC(=NC)NCc1ccccc1OC(F)F.I. The van der Waals surface area contributed by atoms with Crippen LogP contribution in [0.25, 0.3) is 0 Å². The van der Waals surface area contributed by atoms with Crippen molar-refractivity contribution in [3.05, 3.63) is 46.8 Å². The van der Waals surface area contributed by atoms with Crippen molar-refractivity contribution < 1.29 is 13.5 Å². The van der Waals surface area contributed by atoms with E-state index in [2.05, 4.69) is 39.3 Å². The van der Waals surface area contributed by atoms with Crippen LogP contribution in [0.1, 0.15) is 36.4 Å². The number of aryl methyl sites for hydroxylation is 2. The number of hydrogen-bond acceptors (Lipinski definition) is 3. The van der Waals surface area contributed by atoms with Crippen LogP contribution in [0.15, 0.2) is 29.3 Å². The van der Waals surface area contributed by atoms with E-state index in [-0.39, 0.29) is 29.7 Å². The van der Waals surface area contributed by atoms with Gasteiger partial charge in [-0.2, -0.15) is 13.9 Å². The summed E-state index contributed by atoms with van der Waals surface area (Å²) in [6.45, 7) is 2.24. The number of rotatable bonds is 8. The lowest BCUT2D eigenvalue weighted by Gasteiger charge is -2.15. The molecule has 0 aliphatic carbocycles. The van der Waals surface area contributed by atoms with Crippen molar-refractivity contribution in [3.8, 4) is 5.75 Å². The molecule has 0 radical (unpaired) electrons. The molecule has 2 N–H and O–H groups in total. The van der Waals surface area contributed by atoms with E-state index in [4.69, 9.17) is 0 Å². The molecule has 0 unspecified atom stereocenters.